The monoisotopic (exact) mass is 657 g/mol. The summed E-state index contributed by atoms with van der Waals surface area (Å²) in [6, 6.07) is 10.2. The molecule has 3 aromatic heterocycles. The van der Waals surface area contributed by atoms with Crippen LogP contribution in [0.15, 0.2) is 82.8 Å². The van der Waals surface area contributed by atoms with Crippen LogP contribution < -0.4 is 14.9 Å². The van der Waals surface area contributed by atoms with Crippen LogP contribution in [0.5, 0.6) is 0 Å². The molecule has 0 radical (unpaired) electrons. The van der Waals surface area contributed by atoms with Gasteiger partial charge in [-0.2, -0.15) is 0 Å². The number of hydrogen-bond acceptors (Lipinski definition) is 8. The molecule has 1 atom stereocenters. The maximum absolute atomic E-state index is 13.9. The van der Waals surface area contributed by atoms with Crippen molar-refractivity contribution in [1.29, 1.82) is 0 Å². The number of carbonyl (C=O) groups excluding carboxylic acids is 1. The Kier molecular flexibility index (Phi) is 8.46. The van der Waals surface area contributed by atoms with Crippen molar-refractivity contribution >= 4 is 62.6 Å². The molecule has 4 heterocycles. The van der Waals surface area contributed by atoms with Crippen LogP contribution in [0.2, 0.25) is 5.02 Å². The first-order chi connectivity index (χ1) is 19.2. The van der Waals surface area contributed by atoms with Gasteiger partial charge in [-0.1, -0.05) is 35.1 Å². The summed E-state index contributed by atoms with van der Waals surface area (Å²) < 4.78 is 8.79. The van der Waals surface area contributed by atoms with Gasteiger partial charge in [0.15, 0.2) is 15.1 Å². The van der Waals surface area contributed by atoms with Crippen molar-refractivity contribution in [3.8, 4) is 0 Å². The molecule has 0 bridgehead atoms. The number of rotatable bonds is 7. The van der Waals surface area contributed by atoms with Crippen LogP contribution >= 0.6 is 50.6 Å². The van der Waals surface area contributed by atoms with E-state index >= 15 is 0 Å². The molecule has 40 heavy (non-hydrogen) atoms. The molecule has 1 aromatic carbocycles. The summed E-state index contributed by atoms with van der Waals surface area (Å²) >= 11 is 12.3. The minimum Gasteiger partial charge on any atom is -0.449 e. The van der Waals surface area contributed by atoms with E-state index in [1.165, 1.54) is 23.1 Å². The predicted octanol–water partition coefficient (Wildman–Crippen LogP) is 5.36. The minimum atomic E-state index is -0.642. The third-order valence-electron chi connectivity index (χ3n) is 6.39. The number of carbonyl (C=O) groups is 1. The maximum atomic E-state index is 13.9. The zero-order valence-corrected chi connectivity index (χ0v) is 26.1. The van der Waals surface area contributed by atoms with Gasteiger partial charge in [-0.25, -0.2) is 15.0 Å². The van der Waals surface area contributed by atoms with Crippen LogP contribution in [0.3, 0.4) is 0 Å². The Bertz CT molecular complexity index is 1810. The summed E-state index contributed by atoms with van der Waals surface area (Å²) in [4.78, 5) is 43.2. The van der Waals surface area contributed by atoms with Gasteiger partial charge < -0.3 is 9.32 Å². The van der Waals surface area contributed by atoms with E-state index in [9.17, 15) is 9.59 Å². The fraction of sp³-hybridized carbons (Fsp3) is 0.250. The number of aryl methyl sites for hydroxylation is 1. The Morgan fingerprint density at radius 2 is 1.95 bits per heavy atom. The number of fused-ring (bicyclic) bond motifs is 1. The largest absolute Gasteiger partial charge is 0.449 e. The van der Waals surface area contributed by atoms with Gasteiger partial charge in [0.2, 0.25) is 0 Å². The summed E-state index contributed by atoms with van der Waals surface area (Å²) in [6.45, 7) is 8.67. The zero-order chi connectivity index (χ0) is 28.6. The van der Waals surface area contributed by atoms with Crippen molar-refractivity contribution in [3.63, 3.8) is 0 Å². The van der Waals surface area contributed by atoms with Crippen LogP contribution in [0, 0.1) is 6.92 Å². The first-order valence-corrected chi connectivity index (χ1v) is 15.3. The molecule has 12 heteroatoms. The van der Waals surface area contributed by atoms with Crippen molar-refractivity contribution in [2.24, 2.45) is 4.99 Å². The van der Waals surface area contributed by atoms with Crippen LogP contribution in [0.4, 0.5) is 0 Å². The molecule has 1 aliphatic rings. The van der Waals surface area contributed by atoms with Gasteiger partial charge in [-0.05, 0) is 85.2 Å². The summed E-state index contributed by atoms with van der Waals surface area (Å²) in [6.07, 6.45) is 3.39. The van der Waals surface area contributed by atoms with Gasteiger partial charge in [0.1, 0.15) is 5.76 Å². The van der Waals surface area contributed by atoms with Gasteiger partial charge in [-0.3, -0.25) is 14.2 Å². The molecule has 1 amide bonds. The number of furan rings is 1. The van der Waals surface area contributed by atoms with Crippen molar-refractivity contribution in [2.75, 3.05) is 13.1 Å². The number of allylic oxidation sites excluding steroid dienone is 1. The Morgan fingerprint density at radius 3 is 2.62 bits per heavy atom. The number of thiazole rings is 1. The molecular weight excluding hydrogens is 634 g/mol. The second kappa shape index (κ2) is 11.9. The fourth-order valence-corrected chi connectivity index (χ4v) is 6.90. The van der Waals surface area contributed by atoms with E-state index in [-0.39, 0.29) is 11.5 Å². The smallest absolute Gasteiger partial charge is 0.271 e. The molecule has 1 aliphatic heterocycles. The summed E-state index contributed by atoms with van der Waals surface area (Å²) in [7, 11) is 0. The van der Waals surface area contributed by atoms with Crippen LogP contribution in [-0.4, -0.2) is 38.4 Å². The average Bonchev–Trinajstić information content (AvgIpc) is 3.42. The first kappa shape index (κ1) is 28.5. The van der Waals surface area contributed by atoms with Crippen molar-refractivity contribution in [1.82, 2.24) is 19.4 Å². The van der Waals surface area contributed by atoms with Crippen LogP contribution in [-0.2, 0) is 4.79 Å². The van der Waals surface area contributed by atoms with E-state index in [1.807, 2.05) is 45.9 Å². The van der Waals surface area contributed by atoms with Crippen LogP contribution in [0.1, 0.15) is 43.8 Å². The highest BCUT2D eigenvalue weighted by Crippen LogP contribution is 2.35. The highest BCUT2D eigenvalue weighted by molar-refractivity contribution is 9.10. The van der Waals surface area contributed by atoms with Gasteiger partial charge in [0, 0.05) is 36.1 Å². The van der Waals surface area contributed by atoms with E-state index < -0.39 is 6.04 Å². The zero-order valence-electron chi connectivity index (χ0n) is 22.1. The van der Waals surface area contributed by atoms with Crippen molar-refractivity contribution in [3.05, 3.63) is 100 Å². The number of benzene rings is 1. The number of nitrogens with zero attached hydrogens (tertiary/aromatic N) is 5. The van der Waals surface area contributed by atoms with Gasteiger partial charge in [0.05, 0.1) is 26.3 Å². The maximum Gasteiger partial charge on any atom is 0.271 e. The molecule has 0 saturated heterocycles. The molecule has 8 nitrogen and oxygen atoms in total. The highest BCUT2D eigenvalue weighted by Gasteiger charge is 2.34. The fourth-order valence-electron chi connectivity index (χ4n) is 4.43. The van der Waals surface area contributed by atoms with E-state index in [2.05, 4.69) is 25.9 Å². The highest BCUT2D eigenvalue weighted by atomic mass is 79.9. The lowest BCUT2D eigenvalue weighted by atomic mass is 9.94. The van der Waals surface area contributed by atoms with Crippen molar-refractivity contribution < 1.29 is 9.21 Å². The van der Waals surface area contributed by atoms with E-state index in [1.54, 1.807) is 39.9 Å². The summed E-state index contributed by atoms with van der Waals surface area (Å²) in [5.41, 5.74) is 2.43. The number of likely N-dealkylation sites (N-methyl/N-ethyl adjacent to an activating group) is 1. The van der Waals surface area contributed by atoms with E-state index in [0.29, 0.717) is 54.7 Å². The lowest BCUT2D eigenvalue weighted by Gasteiger charge is -2.29. The minimum absolute atomic E-state index is 0.143. The topological polar surface area (TPSA) is 93.6 Å². The third-order valence-corrected chi connectivity index (χ3v) is 9.35. The standard InChI is InChI=1S/C28H25BrClN5O3S2/c1-5-34(6-2)25(37)22-16(4)33-28-35(23(22)17-7-9-18(30)10-8-17)24(36)21(39-28)14-19-13-20(29)26(38-19)40-27-31-12-11-15(3)32-27/h7-14,23H,5-6H2,1-4H3/b21-14-/t23-/m0/s1. The number of amides is 1. The second-order valence-electron chi connectivity index (χ2n) is 8.98. The second-order valence-corrected chi connectivity index (χ2v) is 12.2. The molecule has 0 N–H and O–H groups in total. The Hall–Kier alpha value is -2.99. The van der Waals surface area contributed by atoms with E-state index in [0.717, 1.165) is 15.7 Å². The van der Waals surface area contributed by atoms with Gasteiger partial charge >= 0.3 is 0 Å². The molecule has 4 aromatic rings. The Balaban J connectivity index is 1.61. The summed E-state index contributed by atoms with van der Waals surface area (Å²) in [5.74, 6) is 0.348. The predicted molar refractivity (Wildman–Crippen MR) is 160 cm³/mol. The molecule has 0 fully saturated rings. The lowest BCUT2D eigenvalue weighted by molar-refractivity contribution is -0.127. The molecule has 206 valence electrons. The molecular formula is C28H25BrClN5O3S2. The normalized spacial score (nSPS) is 15.2. The molecule has 0 spiro atoms. The molecule has 0 aliphatic carbocycles. The van der Waals surface area contributed by atoms with Gasteiger partial charge in [0.25, 0.3) is 11.5 Å². The van der Waals surface area contributed by atoms with E-state index in [4.69, 9.17) is 21.0 Å². The quantitative estimate of drug-likeness (QED) is 0.248. The number of halogens is 2. The Morgan fingerprint density at radius 1 is 1.23 bits per heavy atom. The Labute approximate surface area is 252 Å². The van der Waals surface area contributed by atoms with Crippen molar-refractivity contribution in [2.45, 2.75) is 44.0 Å². The molecule has 0 unspecified atom stereocenters. The average molecular weight is 659 g/mol. The summed E-state index contributed by atoms with van der Waals surface area (Å²) in [5, 5.41) is 1.71. The van der Waals surface area contributed by atoms with Crippen LogP contribution in [0.25, 0.3) is 6.08 Å². The molecule has 5 rings (SSSR count). The first-order valence-electron chi connectivity index (χ1n) is 12.5. The SMILES string of the molecule is CCN(CC)C(=O)C1=C(C)N=c2s/c(=C\c3cc(Br)c(Sc4nccc(C)n4)o3)c(=O)n2[C@H]1c1ccc(Cl)cc1. The lowest BCUT2D eigenvalue weighted by Crippen LogP contribution is -2.43. The number of aromatic nitrogens is 3. The molecule has 0 saturated carbocycles. The van der Waals surface area contributed by atoms with Gasteiger partial charge in [-0.15, -0.1) is 0 Å². The number of hydrogen-bond donors (Lipinski definition) is 0. The third kappa shape index (κ3) is 5.60.